The minimum absolute atomic E-state index is 0.362. The molecule has 1 saturated carbocycles. The Balaban J connectivity index is 2.19. The van der Waals surface area contributed by atoms with Crippen LogP contribution in [0.2, 0.25) is 0 Å². The number of hydrogen-bond acceptors (Lipinski definition) is 2. The first-order valence-corrected chi connectivity index (χ1v) is 4.37. The Bertz CT molecular complexity index is 263. The Morgan fingerprint density at radius 2 is 2.42 bits per heavy atom. The van der Waals surface area contributed by atoms with Crippen molar-refractivity contribution < 1.29 is 0 Å². The molecule has 0 bridgehead atoms. The summed E-state index contributed by atoms with van der Waals surface area (Å²) in [7, 11) is 0. The molecular formula is C9H15N3. The van der Waals surface area contributed by atoms with Crippen molar-refractivity contribution in [3.63, 3.8) is 0 Å². The largest absolute Gasteiger partial charge is 0.330 e. The second-order valence-electron chi connectivity index (χ2n) is 4.15. The number of H-pyrrole nitrogens is 1. The molecule has 12 heavy (non-hydrogen) atoms. The lowest BCUT2D eigenvalue weighted by atomic mass is 10.1. The normalized spacial score (nSPS) is 31.9. The molecule has 3 N–H and O–H groups in total. The zero-order valence-electron chi connectivity index (χ0n) is 7.54. The molecule has 1 fully saturated rings. The first-order valence-electron chi connectivity index (χ1n) is 4.37. The molecule has 1 aliphatic carbocycles. The maximum absolute atomic E-state index is 5.67. The molecule has 0 spiro atoms. The number of rotatable bonds is 2. The Hall–Kier alpha value is -0.830. The molecular weight excluding hydrogens is 150 g/mol. The van der Waals surface area contributed by atoms with E-state index in [-0.39, 0.29) is 0 Å². The lowest BCUT2D eigenvalue weighted by molar-refractivity contribution is 0.557. The smallest absolute Gasteiger partial charge is 0.0490 e. The molecule has 66 valence electrons. The highest BCUT2D eigenvalue weighted by molar-refractivity contribution is 5.24. The van der Waals surface area contributed by atoms with E-state index in [2.05, 4.69) is 24.0 Å². The Morgan fingerprint density at radius 1 is 1.67 bits per heavy atom. The summed E-state index contributed by atoms with van der Waals surface area (Å²) < 4.78 is 0. The van der Waals surface area contributed by atoms with Crippen LogP contribution in [0, 0.1) is 11.3 Å². The molecule has 1 aromatic rings. The van der Waals surface area contributed by atoms with Gasteiger partial charge in [-0.2, -0.15) is 5.10 Å². The van der Waals surface area contributed by atoms with E-state index < -0.39 is 0 Å². The minimum Gasteiger partial charge on any atom is -0.330 e. The fourth-order valence-corrected chi connectivity index (χ4v) is 2.24. The van der Waals surface area contributed by atoms with Crippen molar-refractivity contribution in [1.29, 1.82) is 0 Å². The fourth-order valence-electron chi connectivity index (χ4n) is 2.24. The van der Waals surface area contributed by atoms with Crippen LogP contribution < -0.4 is 5.73 Å². The van der Waals surface area contributed by atoms with Crippen LogP contribution in [0.1, 0.15) is 25.5 Å². The number of aromatic nitrogens is 2. The standard InChI is InChI=1S/C9H15N3/c1-9(2)6(5-10)8(9)7-3-4-11-12-7/h3-4,6,8H,5,10H2,1-2H3,(H,11,12). The van der Waals surface area contributed by atoms with Crippen LogP contribution in [0.15, 0.2) is 12.3 Å². The number of nitrogens with zero attached hydrogens (tertiary/aromatic N) is 1. The van der Waals surface area contributed by atoms with E-state index in [0.29, 0.717) is 17.3 Å². The van der Waals surface area contributed by atoms with Crippen LogP contribution in [0.25, 0.3) is 0 Å². The summed E-state index contributed by atoms with van der Waals surface area (Å²) >= 11 is 0. The van der Waals surface area contributed by atoms with E-state index in [1.807, 2.05) is 6.07 Å². The number of nitrogens with two attached hydrogens (primary N) is 1. The van der Waals surface area contributed by atoms with Gasteiger partial charge in [-0.05, 0) is 23.9 Å². The lowest BCUT2D eigenvalue weighted by Crippen LogP contribution is -2.05. The number of aromatic amines is 1. The van der Waals surface area contributed by atoms with Crippen LogP contribution in [0.5, 0.6) is 0 Å². The number of hydrogen-bond donors (Lipinski definition) is 2. The zero-order valence-corrected chi connectivity index (χ0v) is 7.54. The first-order chi connectivity index (χ1) is 5.68. The Kier molecular flexibility index (Phi) is 1.51. The van der Waals surface area contributed by atoms with E-state index in [9.17, 15) is 0 Å². The van der Waals surface area contributed by atoms with Crippen molar-refractivity contribution in [2.24, 2.45) is 17.1 Å². The lowest BCUT2D eigenvalue weighted by Gasteiger charge is -1.98. The van der Waals surface area contributed by atoms with Gasteiger partial charge >= 0.3 is 0 Å². The first kappa shape index (κ1) is 7.80. The van der Waals surface area contributed by atoms with Gasteiger partial charge in [0.15, 0.2) is 0 Å². The molecule has 0 aliphatic heterocycles. The molecule has 3 heteroatoms. The average molecular weight is 165 g/mol. The van der Waals surface area contributed by atoms with Crippen molar-refractivity contribution in [2.75, 3.05) is 6.54 Å². The van der Waals surface area contributed by atoms with Crippen molar-refractivity contribution in [2.45, 2.75) is 19.8 Å². The van der Waals surface area contributed by atoms with Gasteiger partial charge in [0.2, 0.25) is 0 Å². The molecule has 1 heterocycles. The van der Waals surface area contributed by atoms with Crippen molar-refractivity contribution in [3.05, 3.63) is 18.0 Å². The molecule has 0 aromatic carbocycles. The summed E-state index contributed by atoms with van der Waals surface area (Å²) in [6.07, 6.45) is 1.80. The maximum atomic E-state index is 5.67. The molecule has 2 unspecified atom stereocenters. The number of nitrogens with one attached hydrogen (secondary N) is 1. The summed E-state index contributed by atoms with van der Waals surface area (Å²) in [5, 5.41) is 6.97. The molecule has 2 atom stereocenters. The average Bonchev–Trinajstić information content (AvgIpc) is 2.50. The highest BCUT2D eigenvalue weighted by Crippen LogP contribution is 2.63. The highest BCUT2D eigenvalue weighted by Gasteiger charge is 2.57. The molecule has 1 aliphatic rings. The Morgan fingerprint density at radius 3 is 2.83 bits per heavy atom. The van der Waals surface area contributed by atoms with Crippen molar-refractivity contribution in [3.8, 4) is 0 Å². The second kappa shape index (κ2) is 2.33. The summed E-state index contributed by atoms with van der Waals surface area (Å²) in [5.74, 6) is 1.21. The van der Waals surface area contributed by atoms with E-state index in [0.717, 1.165) is 6.54 Å². The van der Waals surface area contributed by atoms with Crippen LogP contribution in [0.3, 0.4) is 0 Å². The van der Waals surface area contributed by atoms with Crippen LogP contribution in [0.4, 0.5) is 0 Å². The third-order valence-electron chi connectivity index (χ3n) is 3.16. The monoisotopic (exact) mass is 165 g/mol. The quantitative estimate of drug-likeness (QED) is 0.689. The zero-order chi connectivity index (χ0) is 8.77. The predicted molar refractivity (Wildman–Crippen MR) is 47.7 cm³/mol. The summed E-state index contributed by atoms with van der Waals surface area (Å²) in [4.78, 5) is 0. The molecule has 3 nitrogen and oxygen atoms in total. The van der Waals surface area contributed by atoms with Crippen LogP contribution >= 0.6 is 0 Å². The van der Waals surface area contributed by atoms with Crippen molar-refractivity contribution >= 4 is 0 Å². The van der Waals surface area contributed by atoms with Gasteiger partial charge < -0.3 is 5.73 Å². The summed E-state index contributed by atoms with van der Waals surface area (Å²) in [5.41, 5.74) is 7.27. The fraction of sp³-hybridized carbons (Fsp3) is 0.667. The van der Waals surface area contributed by atoms with Gasteiger partial charge in [-0.1, -0.05) is 13.8 Å². The predicted octanol–water partition coefficient (Wildman–Crippen LogP) is 1.11. The summed E-state index contributed by atoms with van der Waals surface area (Å²) in [6.45, 7) is 5.29. The van der Waals surface area contributed by atoms with Crippen molar-refractivity contribution in [1.82, 2.24) is 10.2 Å². The molecule has 2 rings (SSSR count). The van der Waals surface area contributed by atoms with E-state index in [1.54, 1.807) is 6.20 Å². The molecule has 1 aromatic heterocycles. The maximum Gasteiger partial charge on any atom is 0.0490 e. The molecule has 0 radical (unpaired) electrons. The summed E-state index contributed by atoms with van der Waals surface area (Å²) in [6, 6.07) is 2.04. The van der Waals surface area contributed by atoms with Gasteiger partial charge in [0.05, 0.1) is 0 Å². The third kappa shape index (κ3) is 0.894. The van der Waals surface area contributed by atoms with Gasteiger partial charge in [-0.15, -0.1) is 0 Å². The van der Waals surface area contributed by atoms with E-state index in [1.165, 1.54) is 5.69 Å². The molecule has 0 amide bonds. The highest BCUT2D eigenvalue weighted by atomic mass is 15.1. The third-order valence-corrected chi connectivity index (χ3v) is 3.16. The van der Waals surface area contributed by atoms with Crippen LogP contribution in [-0.4, -0.2) is 16.7 Å². The Labute approximate surface area is 72.4 Å². The van der Waals surface area contributed by atoms with E-state index in [4.69, 9.17) is 5.73 Å². The van der Waals surface area contributed by atoms with E-state index >= 15 is 0 Å². The SMILES string of the molecule is CC1(C)C(CN)C1c1ccn[nH]1. The van der Waals surface area contributed by atoms with Gasteiger partial charge in [0, 0.05) is 17.8 Å². The second-order valence-corrected chi connectivity index (χ2v) is 4.15. The van der Waals surface area contributed by atoms with Crippen LogP contribution in [-0.2, 0) is 0 Å². The molecule has 0 saturated heterocycles. The van der Waals surface area contributed by atoms with Gasteiger partial charge in [-0.3, -0.25) is 5.10 Å². The van der Waals surface area contributed by atoms with Gasteiger partial charge in [-0.25, -0.2) is 0 Å². The van der Waals surface area contributed by atoms with Gasteiger partial charge in [0.1, 0.15) is 0 Å². The van der Waals surface area contributed by atoms with Gasteiger partial charge in [0.25, 0.3) is 0 Å². The minimum atomic E-state index is 0.362. The topological polar surface area (TPSA) is 54.7 Å².